The number of unbranched alkanes of at least 4 members (excludes halogenated alkanes) is 2. The molecule has 0 saturated heterocycles. The summed E-state index contributed by atoms with van der Waals surface area (Å²) in [5.74, 6) is 2.91. The van der Waals surface area contributed by atoms with Crippen molar-refractivity contribution in [2.45, 2.75) is 80.1 Å². The van der Waals surface area contributed by atoms with E-state index in [1.165, 1.54) is 33.4 Å². The van der Waals surface area contributed by atoms with E-state index in [1.807, 2.05) is 13.8 Å². The molecule has 0 aromatic heterocycles. The predicted octanol–water partition coefficient (Wildman–Crippen LogP) is 8.28. The Bertz CT molecular complexity index is 982. The summed E-state index contributed by atoms with van der Waals surface area (Å²) in [5.41, 5.74) is 17.7. The first-order valence-electron chi connectivity index (χ1n) is 12.7. The van der Waals surface area contributed by atoms with E-state index in [0.717, 1.165) is 59.2 Å². The van der Waals surface area contributed by atoms with Gasteiger partial charge in [0.15, 0.2) is 0 Å². The number of allylic oxidation sites excluding steroid dienone is 2. The summed E-state index contributed by atoms with van der Waals surface area (Å²) in [6.07, 6.45) is 6.20. The van der Waals surface area contributed by atoms with E-state index in [4.69, 9.17) is 7.76 Å². The second kappa shape index (κ2) is 19.0. The van der Waals surface area contributed by atoms with Crippen LogP contribution in [0.1, 0.15) is 88.5 Å². The molecule has 0 atom stereocenters. The monoisotopic (exact) mass is 520 g/mol. The molecule has 0 heterocycles. The Morgan fingerprint density at radius 1 is 0.829 bits per heavy atom. The van der Waals surface area contributed by atoms with E-state index in [-0.39, 0.29) is 0 Å². The maximum absolute atomic E-state index is 9.28. The number of hydrogen-bond acceptors (Lipinski definition) is 2. The van der Waals surface area contributed by atoms with E-state index in [9.17, 15) is 5.53 Å². The van der Waals surface area contributed by atoms with Gasteiger partial charge >= 0.3 is 55.8 Å². The van der Waals surface area contributed by atoms with Crippen molar-refractivity contribution < 1.29 is 27.6 Å². The molecule has 0 aliphatic carbocycles. The average Bonchev–Trinajstić information content (AvgIpc) is 2.86. The van der Waals surface area contributed by atoms with Gasteiger partial charge in [-0.25, -0.2) is 0 Å². The van der Waals surface area contributed by atoms with Crippen LogP contribution in [0.25, 0.3) is 11.1 Å². The third-order valence-electron chi connectivity index (χ3n) is 5.32. The first kappa shape index (κ1) is 30.8. The Labute approximate surface area is 219 Å². The molecule has 0 bridgehead atoms. The summed E-state index contributed by atoms with van der Waals surface area (Å²) in [6.45, 7) is 13.9. The van der Waals surface area contributed by atoms with Crippen LogP contribution < -0.4 is 0 Å². The van der Waals surface area contributed by atoms with Gasteiger partial charge in [-0.3, -0.25) is 0 Å². The van der Waals surface area contributed by atoms with Crippen molar-refractivity contribution in [2.24, 2.45) is 0 Å². The molecule has 194 valence electrons. The molecule has 5 heteroatoms. The van der Waals surface area contributed by atoms with E-state index in [2.05, 4.69) is 86.9 Å². The van der Waals surface area contributed by atoms with Crippen LogP contribution in [0.4, 0.5) is 0 Å². The molecule has 0 aliphatic rings. The van der Waals surface area contributed by atoms with Crippen LogP contribution in [0.2, 0.25) is 0 Å². The third kappa shape index (κ3) is 11.8. The fourth-order valence-electron chi connectivity index (χ4n) is 3.61. The Hall–Kier alpha value is -2.25. The molecule has 35 heavy (non-hydrogen) atoms. The molecule has 0 saturated carbocycles. The SMILES string of the molecule is CCCCC(=C=[N+]=[N-])C(CCCC)=C(c1ccc(C)cc1)c1cccc(C)c1.CC[O][Ni][O]CC. The summed E-state index contributed by atoms with van der Waals surface area (Å²) in [7, 11) is 0. The molecule has 2 aromatic carbocycles. The minimum absolute atomic E-state index is 0.708. The quantitative estimate of drug-likeness (QED) is 0.0665. The number of rotatable bonds is 13. The third-order valence-corrected chi connectivity index (χ3v) is 6.12. The zero-order chi connectivity index (χ0) is 25.9. The summed E-state index contributed by atoms with van der Waals surface area (Å²) in [4.78, 5) is 3.30. The molecule has 0 amide bonds. The molecule has 4 nitrogen and oxygen atoms in total. The van der Waals surface area contributed by atoms with E-state index < -0.39 is 0 Å². The van der Waals surface area contributed by atoms with Crippen molar-refractivity contribution in [3.8, 4) is 0 Å². The second-order valence-corrected chi connectivity index (χ2v) is 9.03. The Balaban J connectivity index is 0.000000762. The molecule has 2 rings (SSSR count). The van der Waals surface area contributed by atoms with Gasteiger partial charge in [0, 0.05) is 0 Å². The second-order valence-electron chi connectivity index (χ2n) is 8.30. The van der Waals surface area contributed by atoms with Gasteiger partial charge in [-0.2, -0.15) is 0 Å². The van der Waals surface area contributed by atoms with Crippen molar-refractivity contribution in [2.75, 3.05) is 13.2 Å². The molecular weight excluding hydrogens is 479 g/mol. The minimum atomic E-state index is 0.708. The molecular formula is C30H42N2NiO2. The molecule has 0 aliphatic heterocycles. The number of hydrogen-bond donors (Lipinski definition) is 0. The summed E-state index contributed by atoms with van der Waals surface area (Å²) in [5, 5.41) is 0. The standard InChI is InChI=1S/C26H32N2.2C2H5O.Ni/c1-5-7-11-24(19-28-27)25(13-8-6-2)26(22-16-14-20(3)15-17-22)23-12-9-10-21(4)18-23;2*1-2-3;/h9-10,12,14-18H,5-8,11,13H2,1-4H3;2*2H2,1H3;/q;2*-1;+2. The summed E-state index contributed by atoms with van der Waals surface area (Å²) >= 11 is 0.899. The van der Waals surface area contributed by atoms with Crippen molar-refractivity contribution in [3.05, 3.63) is 87.5 Å². The summed E-state index contributed by atoms with van der Waals surface area (Å²) < 4.78 is 9.58. The number of benzene rings is 2. The molecule has 0 unspecified atom stereocenters. The average molecular weight is 521 g/mol. The van der Waals surface area contributed by atoms with Gasteiger partial charge in [0.2, 0.25) is 0 Å². The van der Waals surface area contributed by atoms with Crippen LogP contribution in [-0.2, 0) is 22.8 Å². The van der Waals surface area contributed by atoms with Crippen molar-refractivity contribution in [1.29, 1.82) is 0 Å². The maximum atomic E-state index is 9.28. The fraction of sp³-hybridized carbons (Fsp3) is 0.467. The van der Waals surface area contributed by atoms with Crippen LogP contribution in [0.3, 0.4) is 0 Å². The first-order valence-corrected chi connectivity index (χ1v) is 13.5. The predicted molar refractivity (Wildman–Crippen MR) is 143 cm³/mol. The van der Waals surface area contributed by atoms with Gasteiger partial charge in [0.25, 0.3) is 0 Å². The molecule has 0 N–H and O–H groups in total. The van der Waals surface area contributed by atoms with Gasteiger partial charge < -0.3 is 5.53 Å². The van der Waals surface area contributed by atoms with E-state index >= 15 is 0 Å². The van der Waals surface area contributed by atoms with Crippen molar-refractivity contribution in [3.63, 3.8) is 0 Å². The molecule has 0 fully saturated rings. The van der Waals surface area contributed by atoms with Gasteiger partial charge in [0.1, 0.15) is 0 Å². The first-order chi connectivity index (χ1) is 17.0. The zero-order valence-electron chi connectivity index (χ0n) is 22.3. The van der Waals surface area contributed by atoms with Gasteiger partial charge in [-0.15, -0.1) is 4.79 Å². The normalized spacial score (nSPS) is 11.1. The molecule has 0 spiro atoms. The Morgan fingerprint density at radius 3 is 2.00 bits per heavy atom. The van der Waals surface area contributed by atoms with Crippen LogP contribution in [0, 0.1) is 13.8 Å². The zero-order valence-corrected chi connectivity index (χ0v) is 23.3. The van der Waals surface area contributed by atoms with Crippen LogP contribution in [0.15, 0.2) is 59.7 Å². The number of aryl methyl sites for hydroxylation is 2. The van der Waals surface area contributed by atoms with Crippen LogP contribution >= 0.6 is 0 Å². The van der Waals surface area contributed by atoms with Gasteiger partial charge in [-0.1, -0.05) is 86.3 Å². The molecule has 2 aromatic rings. The fourth-order valence-corrected chi connectivity index (χ4v) is 3.92. The Morgan fingerprint density at radius 2 is 1.46 bits per heavy atom. The topological polar surface area (TPSA) is 54.9 Å². The van der Waals surface area contributed by atoms with Crippen molar-refractivity contribution >= 4 is 11.4 Å². The summed E-state index contributed by atoms with van der Waals surface area (Å²) in [6, 6.07) is 17.4. The van der Waals surface area contributed by atoms with Crippen LogP contribution in [-0.4, -0.2) is 23.9 Å². The molecule has 0 radical (unpaired) electrons. The Kier molecular flexibility index (Phi) is 16.7. The van der Waals surface area contributed by atoms with Crippen molar-refractivity contribution in [1.82, 2.24) is 0 Å². The van der Waals surface area contributed by atoms with Gasteiger partial charge in [-0.05, 0) is 61.8 Å². The number of nitrogens with zero attached hydrogens (tertiary/aromatic N) is 2. The van der Waals surface area contributed by atoms with E-state index in [1.54, 1.807) is 0 Å². The van der Waals surface area contributed by atoms with E-state index in [0.29, 0.717) is 13.2 Å². The van der Waals surface area contributed by atoms with Crippen LogP contribution in [0.5, 0.6) is 0 Å². The van der Waals surface area contributed by atoms with Gasteiger partial charge in [0.05, 0.1) is 5.57 Å².